The Morgan fingerprint density at radius 3 is 2.22 bits per heavy atom. The molecule has 1 rings (SSSR count). The predicted octanol–water partition coefficient (Wildman–Crippen LogP) is 2.68. The smallest absolute Gasteiger partial charge is 0.225 e. The lowest BCUT2D eigenvalue weighted by Gasteiger charge is -2.22. The third-order valence-electron chi connectivity index (χ3n) is 3.08. The van der Waals surface area contributed by atoms with Crippen LogP contribution in [0.15, 0.2) is 6.20 Å². The molecule has 1 aromatic rings. The summed E-state index contributed by atoms with van der Waals surface area (Å²) >= 11 is 0. The van der Waals surface area contributed by atoms with Gasteiger partial charge in [-0.2, -0.15) is 0 Å². The molecule has 102 valence electrons. The summed E-state index contributed by atoms with van der Waals surface area (Å²) in [5.41, 5.74) is 1.69. The minimum Gasteiger partial charge on any atom is -0.392 e. The summed E-state index contributed by atoms with van der Waals surface area (Å²) < 4.78 is 0. The Hall–Kier alpha value is -1.16. The minimum absolute atomic E-state index is 0.00995. The van der Waals surface area contributed by atoms with Crippen LogP contribution in [-0.4, -0.2) is 28.2 Å². The average molecular weight is 251 g/mol. The molecule has 0 saturated carbocycles. The van der Waals surface area contributed by atoms with E-state index in [1.54, 1.807) is 6.20 Å². The highest BCUT2D eigenvalue weighted by atomic mass is 16.3. The van der Waals surface area contributed by atoms with Crippen molar-refractivity contribution in [2.75, 3.05) is 18.0 Å². The van der Waals surface area contributed by atoms with E-state index in [1.807, 2.05) is 6.92 Å². The lowest BCUT2D eigenvalue weighted by molar-refractivity contribution is 0.280. The van der Waals surface area contributed by atoms with Crippen LogP contribution in [0.5, 0.6) is 0 Å². The molecule has 18 heavy (non-hydrogen) atoms. The largest absolute Gasteiger partial charge is 0.392 e. The molecule has 0 unspecified atom stereocenters. The Morgan fingerprint density at radius 2 is 1.78 bits per heavy atom. The number of nitrogens with zero attached hydrogens (tertiary/aromatic N) is 3. The van der Waals surface area contributed by atoms with Gasteiger partial charge in [0.15, 0.2) is 0 Å². The number of anilines is 1. The Morgan fingerprint density at radius 1 is 1.17 bits per heavy atom. The third kappa shape index (κ3) is 4.26. The fraction of sp³-hybridized carbons (Fsp3) is 0.714. The lowest BCUT2D eigenvalue weighted by atomic mass is 10.2. The van der Waals surface area contributed by atoms with Crippen LogP contribution in [0.2, 0.25) is 0 Å². The van der Waals surface area contributed by atoms with Gasteiger partial charge < -0.3 is 10.0 Å². The van der Waals surface area contributed by atoms with Gasteiger partial charge in [0, 0.05) is 30.5 Å². The normalized spacial score (nSPS) is 10.7. The van der Waals surface area contributed by atoms with Gasteiger partial charge in [-0.15, -0.1) is 0 Å². The van der Waals surface area contributed by atoms with Crippen molar-refractivity contribution in [3.05, 3.63) is 17.5 Å². The van der Waals surface area contributed by atoms with Gasteiger partial charge in [-0.25, -0.2) is 9.97 Å². The molecule has 0 saturated heterocycles. The first-order valence-corrected chi connectivity index (χ1v) is 6.91. The van der Waals surface area contributed by atoms with Crippen LogP contribution in [0, 0.1) is 6.92 Å². The van der Waals surface area contributed by atoms with Gasteiger partial charge in [0.1, 0.15) is 0 Å². The summed E-state index contributed by atoms with van der Waals surface area (Å²) in [5.74, 6) is 0.798. The molecule has 0 aromatic carbocycles. The van der Waals surface area contributed by atoms with E-state index < -0.39 is 0 Å². The SMILES string of the molecule is CCCCN(CCCC)c1ncc(CO)c(C)n1. The first-order chi connectivity index (χ1) is 8.72. The zero-order valence-corrected chi connectivity index (χ0v) is 11.8. The Kier molecular flexibility index (Phi) is 6.65. The molecule has 0 aliphatic rings. The van der Waals surface area contributed by atoms with Crippen LogP contribution < -0.4 is 4.90 Å². The van der Waals surface area contributed by atoms with E-state index in [2.05, 4.69) is 28.7 Å². The van der Waals surface area contributed by atoms with Crippen molar-refractivity contribution in [1.82, 2.24) is 9.97 Å². The molecule has 0 bridgehead atoms. The first kappa shape index (κ1) is 14.9. The topological polar surface area (TPSA) is 49.2 Å². The number of aliphatic hydroxyl groups excluding tert-OH is 1. The number of unbranched alkanes of at least 4 members (excludes halogenated alkanes) is 2. The summed E-state index contributed by atoms with van der Waals surface area (Å²) in [4.78, 5) is 11.1. The van der Waals surface area contributed by atoms with E-state index >= 15 is 0 Å². The molecule has 1 heterocycles. The molecular weight excluding hydrogens is 226 g/mol. The van der Waals surface area contributed by atoms with Crippen LogP contribution in [0.1, 0.15) is 50.8 Å². The predicted molar refractivity (Wildman–Crippen MR) is 74.7 cm³/mol. The number of aryl methyl sites for hydroxylation is 1. The van der Waals surface area contributed by atoms with Crippen molar-refractivity contribution in [2.45, 2.75) is 53.1 Å². The summed E-state index contributed by atoms with van der Waals surface area (Å²) in [5, 5.41) is 9.14. The highest BCUT2D eigenvalue weighted by molar-refractivity contribution is 5.32. The van der Waals surface area contributed by atoms with Crippen molar-refractivity contribution < 1.29 is 5.11 Å². The Labute approximate surface area is 110 Å². The molecule has 0 atom stereocenters. The van der Waals surface area contributed by atoms with Crippen LogP contribution in [0.4, 0.5) is 5.95 Å². The van der Waals surface area contributed by atoms with Gasteiger partial charge in [0.25, 0.3) is 0 Å². The second-order valence-corrected chi connectivity index (χ2v) is 4.63. The summed E-state index contributed by atoms with van der Waals surface area (Å²) in [7, 11) is 0. The van der Waals surface area contributed by atoms with Crippen LogP contribution in [0.3, 0.4) is 0 Å². The molecule has 0 amide bonds. The van der Waals surface area contributed by atoms with E-state index in [0.29, 0.717) is 0 Å². The molecule has 0 aliphatic heterocycles. The maximum Gasteiger partial charge on any atom is 0.225 e. The Bertz CT molecular complexity index is 347. The summed E-state index contributed by atoms with van der Waals surface area (Å²) in [6.45, 7) is 8.34. The second-order valence-electron chi connectivity index (χ2n) is 4.63. The van der Waals surface area contributed by atoms with E-state index in [9.17, 15) is 0 Å². The maximum atomic E-state index is 9.14. The highest BCUT2D eigenvalue weighted by Crippen LogP contribution is 2.13. The molecular formula is C14H25N3O. The van der Waals surface area contributed by atoms with Crippen molar-refractivity contribution >= 4 is 5.95 Å². The van der Waals surface area contributed by atoms with Crippen molar-refractivity contribution in [3.8, 4) is 0 Å². The summed E-state index contributed by atoms with van der Waals surface area (Å²) in [6, 6.07) is 0. The zero-order valence-electron chi connectivity index (χ0n) is 11.8. The van der Waals surface area contributed by atoms with Crippen molar-refractivity contribution in [2.24, 2.45) is 0 Å². The molecule has 4 heteroatoms. The number of aliphatic hydroxyl groups is 1. The monoisotopic (exact) mass is 251 g/mol. The minimum atomic E-state index is 0.00995. The van der Waals surface area contributed by atoms with E-state index in [0.717, 1.165) is 43.1 Å². The maximum absolute atomic E-state index is 9.14. The molecule has 1 aromatic heterocycles. The Balaban J connectivity index is 2.79. The van der Waals surface area contributed by atoms with Gasteiger partial charge in [-0.1, -0.05) is 26.7 Å². The van der Waals surface area contributed by atoms with E-state index in [-0.39, 0.29) is 6.61 Å². The molecule has 0 radical (unpaired) electrons. The third-order valence-corrected chi connectivity index (χ3v) is 3.08. The van der Waals surface area contributed by atoms with Gasteiger partial charge in [0.05, 0.1) is 6.61 Å². The van der Waals surface area contributed by atoms with Gasteiger partial charge in [-0.3, -0.25) is 0 Å². The first-order valence-electron chi connectivity index (χ1n) is 6.91. The molecule has 1 N–H and O–H groups in total. The molecule has 0 aliphatic carbocycles. The highest BCUT2D eigenvalue weighted by Gasteiger charge is 2.10. The fourth-order valence-corrected chi connectivity index (χ4v) is 1.80. The van der Waals surface area contributed by atoms with Gasteiger partial charge >= 0.3 is 0 Å². The van der Waals surface area contributed by atoms with Crippen LogP contribution >= 0.6 is 0 Å². The quantitative estimate of drug-likeness (QED) is 0.771. The molecule has 0 spiro atoms. The second kappa shape index (κ2) is 8.03. The van der Waals surface area contributed by atoms with E-state index in [1.165, 1.54) is 12.8 Å². The number of aromatic nitrogens is 2. The number of hydrogen-bond donors (Lipinski definition) is 1. The summed E-state index contributed by atoms with van der Waals surface area (Å²) in [6.07, 6.45) is 6.41. The average Bonchev–Trinajstić information content (AvgIpc) is 2.39. The number of hydrogen-bond acceptors (Lipinski definition) is 4. The fourth-order valence-electron chi connectivity index (χ4n) is 1.80. The lowest BCUT2D eigenvalue weighted by Crippen LogP contribution is -2.27. The molecule has 0 fully saturated rings. The van der Waals surface area contributed by atoms with Gasteiger partial charge in [0.2, 0.25) is 5.95 Å². The molecule has 4 nitrogen and oxygen atoms in total. The van der Waals surface area contributed by atoms with Crippen molar-refractivity contribution in [1.29, 1.82) is 0 Å². The van der Waals surface area contributed by atoms with Crippen molar-refractivity contribution in [3.63, 3.8) is 0 Å². The van der Waals surface area contributed by atoms with Crippen LogP contribution in [0.25, 0.3) is 0 Å². The van der Waals surface area contributed by atoms with Crippen LogP contribution in [-0.2, 0) is 6.61 Å². The van der Waals surface area contributed by atoms with E-state index in [4.69, 9.17) is 5.11 Å². The standard InChI is InChI=1S/C14H25N3O/c1-4-6-8-17(9-7-5-2)14-15-10-13(11-18)12(3)16-14/h10,18H,4-9,11H2,1-3H3. The zero-order chi connectivity index (χ0) is 13.4. The van der Waals surface area contributed by atoms with Gasteiger partial charge in [-0.05, 0) is 19.8 Å². The number of rotatable bonds is 8.